The van der Waals surface area contributed by atoms with Crippen molar-refractivity contribution in [3.05, 3.63) is 11.8 Å². The summed E-state index contributed by atoms with van der Waals surface area (Å²) in [6.07, 6.45) is 4.24. The zero-order valence-electron chi connectivity index (χ0n) is 8.08. The lowest BCUT2D eigenvalue weighted by atomic mass is 10.1. The van der Waals surface area contributed by atoms with Gasteiger partial charge in [0.05, 0.1) is 13.2 Å². The van der Waals surface area contributed by atoms with Gasteiger partial charge in [-0.25, -0.2) is 5.43 Å². The quantitative estimate of drug-likeness (QED) is 0.486. The van der Waals surface area contributed by atoms with Gasteiger partial charge in [-0.05, 0) is 25.8 Å². The van der Waals surface area contributed by atoms with Crippen molar-refractivity contribution < 1.29 is 9.47 Å². The van der Waals surface area contributed by atoms with Gasteiger partial charge in [-0.3, -0.25) is 5.84 Å². The summed E-state index contributed by atoms with van der Waals surface area (Å²) < 4.78 is 10.7. The Morgan fingerprint density at radius 3 is 3.15 bits per heavy atom. The standard InChI is InChI=1S/C9H18N2O2/c1-2-12-7-8(11-10)9-5-3-4-6-13-9/h5,8,11H,2-4,6-7,10H2,1H3. The highest BCUT2D eigenvalue weighted by atomic mass is 16.5. The van der Waals surface area contributed by atoms with Crippen LogP contribution in [0.4, 0.5) is 0 Å². The molecule has 0 radical (unpaired) electrons. The summed E-state index contributed by atoms with van der Waals surface area (Å²) in [7, 11) is 0. The van der Waals surface area contributed by atoms with E-state index in [-0.39, 0.29) is 6.04 Å². The molecule has 0 aromatic rings. The summed E-state index contributed by atoms with van der Waals surface area (Å²) in [4.78, 5) is 0. The van der Waals surface area contributed by atoms with Gasteiger partial charge in [-0.15, -0.1) is 0 Å². The molecule has 4 nitrogen and oxygen atoms in total. The highest BCUT2D eigenvalue weighted by Crippen LogP contribution is 2.13. The van der Waals surface area contributed by atoms with Crippen LogP contribution < -0.4 is 11.3 Å². The third-order valence-corrected chi connectivity index (χ3v) is 2.00. The Labute approximate surface area is 79.1 Å². The number of ether oxygens (including phenoxy) is 2. The van der Waals surface area contributed by atoms with Gasteiger partial charge in [0.2, 0.25) is 0 Å². The molecule has 3 N–H and O–H groups in total. The summed E-state index contributed by atoms with van der Waals surface area (Å²) in [6, 6.07) is 0.000231. The van der Waals surface area contributed by atoms with Crippen LogP contribution in [0, 0.1) is 0 Å². The molecule has 0 aliphatic carbocycles. The Bertz CT molecular complexity index is 171. The molecule has 1 aliphatic rings. The smallest absolute Gasteiger partial charge is 0.113 e. The molecule has 76 valence electrons. The Hall–Kier alpha value is -0.580. The van der Waals surface area contributed by atoms with Crippen molar-refractivity contribution in [3.8, 4) is 0 Å². The number of nitrogens with two attached hydrogens (primary N) is 1. The van der Waals surface area contributed by atoms with Crippen molar-refractivity contribution in [2.45, 2.75) is 25.8 Å². The lowest BCUT2D eigenvalue weighted by Gasteiger charge is -2.22. The van der Waals surface area contributed by atoms with Gasteiger partial charge in [-0.1, -0.05) is 0 Å². The highest BCUT2D eigenvalue weighted by molar-refractivity contribution is 5.04. The molecule has 0 saturated heterocycles. The van der Waals surface area contributed by atoms with Crippen molar-refractivity contribution in [1.82, 2.24) is 5.43 Å². The van der Waals surface area contributed by atoms with Crippen molar-refractivity contribution in [2.75, 3.05) is 19.8 Å². The molecule has 1 rings (SSSR count). The predicted molar refractivity (Wildman–Crippen MR) is 50.9 cm³/mol. The van der Waals surface area contributed by atoms with Crippen LogP contribution in [0.3, 0.4) is 0 Å². The van der Waals surface area contributed by atoms with Crippen LogP contribution in [-0.4, -0.2) is 25.9 Å². The predicted octanol–water partition coefficient (Wildman–Crippen LogP) is 0.549. The van der Waals surface area contributed by atoms with Crippen LogP contribution >= 0.6 is 0 Å². The molecule has 0 saturated carbocycles. The van der Waals surface area contributed by atoms with Gasteiger partial charge in [0.25, 0.3) is 0 Å². The van der Waals surface area contributed by atoms with Crippen LogP contribution in [0.15, 0.2) is 11.8 Å². The van der Waals surface area contributed by atoms with Crippen LogP contribution in [0.25, 0.3) is 0 Å². The molecule has 1 unspecified atom stereocenters. The number of hydrogen-bond donors (Lipinski definition) is 2. The fourth-order valence-electron chi connectivity index (χ4n) is 1.27. The van der Waals surface area contributed by atoms with E-state index in [9.17, 15) is 0 Å². The minimum absolute atomic E-state index is 0.000231. The summed E-state index contributed by atoms with van der Waals surface area (Å²) in [5.74, 6) is 6.31. The number of hydrazine groups is 1. The fourth-order valence-corrected chi connectivity index (χ4v) is 1.27. The largest absolute Gasteiger partial charge is 0.496 e. The molecule has 4 heteroatoms. The second-order valence-corrected chi connectivity index (χ2v) is 2.98. The molecule has 0 bridgehead atoms. The van der Waals surface area contributed by atoms with E-state index in [2.05, 4.69) is 11.5 Å². The van der Waals surface area contributed by atoms with E-state index in [1.54, 1.807) is 0 Å². The van der Waals surface area contributed by atoms with Gasteiger partial charge >= 0.3 is 0 Å². The van der Waals surface area contributed by atoms with Gasteiger partial charge in [0.15, 0.2) is 0 Å². The maximum atomic E-state index is 5.47. The summed E-state index contributed by atoms with van der Waals surface area (Å²) in [5, 5.41) is 0. The fraction of sp³-hybridized carbons (Fsp3) is 0.778. The zero-order chi connectivity index (χ0) is 9.52. The van der Waals surface area contributed by atoms with Crippen molar-refractivity contribution in [2.24, 2.45) is 5.84 Å². The Morgan fingerprint density at radius 2 is 2.62 bits per heavy atom. The summed E-state index contributed by atoms with van der Waals surface area (Å²) >= 11 is 0. The lowest BCUT2D eigenvalue weighted by molar-refractivity contribution is 0.0954. The number of rotatable bonds is 5. The van der Waals surface area contributed by atoms with Crippen molar-refractivity contribution in [3.63, 3.8) is 0 Å². The average molecular weight is 186 g/mol. The Kier molecular flexibility index (Phi) is 4.82. The van der Waals surface area contributed by atoms with Gasteiger partial charge < -0.3 is 9.47 Å². The Balaban J connectivity index is 2.39. The van der Waals surface area contributed by atoms with Crippen LogP contribution in [0.5, 0.6) is 0 Å². The summed E-state index contributed by atoms with van der Waals surface area (Å²) in [5.41, 5.74) is 2.69. The van der Waals surface area contributed by atoms with Crippen LogP contribution in [0.2, 0.25) is 0 Å². The molecule has 1 aliphatic heterocycles. The van der Waals surface area contributed by atoms with Gasteiger partial charge in [0.1, 0.15) is 11.8 Å². The first-order valence-electron chi connectivity index (χ1n) is 4.75. The van der Waals surface area contributed by atoms with Crippen molar-refractivity contribution in [1.29, 1.82) is 0 Å². The van der Waals surface area contributed by atoms with E-state index in [4.69, 9.17) is 15.3 Å². The number of hydrogen-bond acceptors (Lipinski definition) is 4. The van der Waals surface area contributed by atoms with E-state index in [0.29, 0.717) is 13.2 Å². The van der Waals surface area contributed by atoms with Gasteiger partial charge in [-0.2, -0.15) is 0 Å². The first kappa shape index (κ1) is 10.5. The van der Waals surface area contributed by atoms with E-state index in [1.165, 1.54) is 0 Å². The topological polar surface area (TPSA) is 56.5 Å². The highest BCUT2D eigenvalue weighted by Gasteiger charge is 2.15. The molecule has 1 atom stereocenters. The summed E-state index contributed by atoms with van der Waals surface area (Å²) in [6.45, 7) is 4.02. The molecule has 0 aromatic carbocycles. The first-order chi connectivity index (χ1) is 6.38. The van der Waals surface area contributed by atoms with Crippen molar-refractivity contribution >= 4 is 0 Å². The maximum absolute atomic E-state index is 5.47. The molecule has 0 aromatic heterocycles. The molecule has 0 amide bonds. The molecule has 0 spiro atoms. The minimum atomic E-state index is 0.000231. The van der Waals surface area contributed by atoms with Crippen LogP contribution in [0.1, 0.15) is 19.8 Å². The molecule has 0 fully saturated rings. The van der Waals surface area contributed by atoms with E-state index in [1.807, 2.05) is 6.92 Å². The van der Waals surface area contributed by atoms with E-state index >= 15 is 0 Å². The third kappa shape index (κ3) is 3.34. The normalized spacial score (nSPS) is 19.1. The Morgan fingerprint density at radius 1 is 1.77 bits per heavy atom. The molecule has 13 heavy (non-hydrogen) atoms. The monoisotopic (exact) mass is 186 g/mol. The van der Waals surface area contributed by atoms with Crippen LogP contribution in [-0.2, 0) is 9.47 Å². The maximum Gasteiger partial charge on any atom is 0.113 e. The lowest BCUT2D eigenvalue weighted by Crippen LogP contribution is -2.41. The second kappa shape index (κ2) is 5.96. The SMILES string of the molecule is CCOCC(NN)C1=CCCCO1. The number of nitrogens with one attached hydrogen (secondary N) is 1. The first-order valence-corrected chi connectivity index (χ1v) is 4.75. The molecule has 1 heterocycles. The molecular formula is C9H18N2O2. The molecular weight excluding hydrogens is 168 g/mol. The second-order valence-electron chi connectivity index (χ2n) is 2.98. The minimum Gasteiger partial charge on any atom is -0.496 e. The third-order valence-electron chi connectivity index (χ3n) is 2.00. The average Bonchev–Trinajstić information content (AvgIpc) is 2.21. The van der Waals surface area contributed by atoms with E-state index in [0.717, 1.165) is 25.2 Å². The number of allylic oxidation sites excluding steroid dienone is 1. The van der Waals surface area contributed by atoms with E-state index < -0.39 is 0 Å². The van der Waals surface area contributed by atoms with Gasteiger partial charge in [0, 0.05) is 6.61 Å². The zero-order valence-corrected chi connectivity index (χ0v) is 8.08.